The monoisotopic (exact) mass is 384 g/mol. The molecule has 140 valence electrons. The number of benzene rings is 2. The van der Waals surface area contributed by atoms with Crippen LogP contribution < -0.4 is 0 Å². The molecule has 0 fully saturated rings. The van der Waals surface area contributed by atoms with E-state index in [0.29, 0.717) is 0 Å². The Bertz CT molecular complexity index is 973. The average molecular weight is 384 g/mol. The summed E-state index contributed by atoms with van der Waals surface area (Å²) in [5.41, 5.74) is -2.33. The Kier molecular flexibility index (Phi) is 4.98. The quantitative estimate of drug-likeness (QED) is 0.415. The molecule has 0 aliphatic carbocycles. The number of alkyl halides is 3. The van der Waals surface area contributed by atoms with E-state index in [2.05, 4.69) is 15.3 Å². The molecule has 0 aliphatic heterocycles. The minimum Gasteiger partial charge on any atom is -0.266 e. The molecule has 0 unspecified atom stereocenters. The normalized spacial score (nSPS) is 12.1. The van der Waals surface area contributed by atoms with E-state index in [1.165, 1.54) is 12.3 Å². The molecular weight excluding hydrogens is 374 g/mol. The number of rotatable bonds is 4. The number of halogens is 6. The van der Waals surface area contributed by atoms with E-state index in [9.17, 15) is 26.3 Å². The van der Waals surface area contributed by atoms with E-state index < -0.39 is 47.0 Å². The predicted octanol–water partition coefficient (Wildman–Crippen LogP) is 5.78. The van der Waals surface area contributed by atoms with Crippen LogP contribution in [0.5, 0.6) is 0 Å². The lowest BCUT2D eigenvalue weighted by Gasteiger charge is -2.13. The first-order valence-corrected chi connectivity index (χ1v) is 7.49. The van der Waals surface area contributed by atoms with E-state index in [4.69, 9.17) is 0 Å². The van der Waals surface area contributed by atoms with Gasteiger partial charge in [-0.25, -0.2) is 13.2 Å². The molecule has 27 heavy (non-hydrogen) atoms. The van der Waals surface area contributed by atoms with Crippen LogP contribution in [-0.4, -0.2) is 9.78 Å². The van der Waals surface area contributed by atoms with Crippen molar-refractivity contribution in [1.29, 1.82) is 0 Å². The number of aromatic nitrogens is 2. The fourth-order valence-electron chi connectivity index (χ4n) is 2.33. The van der Waals surface area contributed by atoms with Crippen LogP contribution in [0.3, 0.4) is 0 Å². The first kappa shape index (κ1) is 18.6. The third kappa shape index (κ3) is 4.15. The smallest absolute Gasteiger partial charge is 0.266 e. The van der Waals surface area contributed by atoms with E-state index in [0.717, 1.165) is 41.1 Å². The number of azo groups is 1. The first-order valence-electron chi connectivity index (χ1n) is 7.49. The molecule has 0 spiro atoms. The van der Waals surface area contributed by atoms with Gasteiger partial charge in [0.1, 0.15) is 5.82 Å². The second-order valence-electron chi connectivity index (χ2n) is 5.41. The summed E-state index contributed by atoms with van der Waals surface area (Å²) in [6, 6.07) is 7.05. The topological polar surface area (TPSA) is 42.5 Å². The van der Waals surface area contributed by atoms with Gasteiger partial charge in [0.15, 0.2) is 23.1 Å². The maximum atomic E-state index is 13.9. The Balaban J connectivity index is 1.85. The fraction of sp³-hybridized carbons (Fsp3) is 0.118. The third-order valence-electron chi connectivity index (χ3n) is 3.56. The molecule has 3 rings (SSSR count). The van der Waals surface area contributed by atoms with Crippen LogP contribution in [0.2, 0.25) is 0 Å². The molecule has 1 aromatic heterocycles. The summed E-state index contributed by atoms with van der Waals surface area (Å²) in [6.07, 6.45) is -3.48. The molecule has 0 N–H and O–H groups in total. The summed E-state index contributed by atoms with van der Waals surface area (Å²) < 4.78 is 80.9. The number of nitrogens with zero attached hydrogens (tertiary/aromatic N) is 4. The van der Waals surface area contributed by atoms with Crippen molar-refractivity contribution in [2.45, 2.75) is 12.7 Å². The molecule has 0 saturated carbocycles. The third-order valence-corrected chi connectivity index (χ3v) is 3.56. The summed E-state index contributed by atoms with van der Waals surface area (Å²) >= 11 is 0. The van der Waals surface area contributed by atoms with E-state index >= 15 is 0 Å². The van der Waals surface area contributed by atoms with Crippen molar-refractivity contribution >= 4 is 11.5 Å². The molecule has 0 amide bonds. The van der Waals surface area contributed by atoms with Crippen molar-refractivity contribution in [2.24, 2.45) is 10.2 Å². The van der Waals surface area contributed by atoms with Crippen molar-refractivity contribution in [3.63, 3.8) is 0 Å². The highest BCUT2D eigenvalue weighted by molar-refractivity contribution is 5.40. The van der Waals surface area contributed by atoms with E-state index in [1.54, 1.807) is 0 Å². The van der Waals surface area contributed by atoms with Crippen molar-refractivity contribution in [3.8, 4) is 0 Å². The molecule has 0 radical (unpaired) electrons. The Hall–Kier alpha value is -3.17. The van der Waals surface area contributed by atoms with Gasteiger partial charge >= 0.3 is 6.18 Å². The Morgan fingerprint density at radius 1 is 0.852 bits per heavy atom. The van der Waals surface area contributed by atoms with Crippen molar-refractivity contribution in [2.75, 3.05) is 0 Å². The molecule has 3 aromatic rings. The molecule has 4 nitrogen and oxygen atoms in total. The summed E-state index contributed by atoms with van der Waals surface area (Å²) in [4.78, 5) is 0. The highest BCUT2D eigenvalue weighted by atomic mass is 19.4. The number of hydrogen-bond donors (Lipinski definition) is 0. The van der Waals surface area contributed by atoms with Crippen LogP contribution in [0.15, 0.2) is 58.9 Å². The highest BCUT2D eigenvalue weighted by Gasteiger charge is 2.34. The average Bonchev–Trinajstić information content (AvgIpc) is 3.03. The van der Waals surface area contributed by atoms with Gasteiger partial charge in [0.05, 0.1) is 12.1 Å². The molecule has 0 bridgehead atoms. The van der Waals surface area contributed by atoms with Gasteiger partial charge in [0.2, 0.25) is 0 Å². The summed E-state index contributed by atoms with van der Waals surface area (Å²) in [5.74, 6) is -3.00. The lowest BCUT2D eigenvalue weighted by atomic mass is 10.1. The second-order valence-corrected chi connectivity index (χ2v) is 5.41. The molecule has 2 aromatic carbocycles. The van der Waals surface area contributed by atoms with Gasteiger partial charge in [0.25, 0.3) is 0 Å². The lowest BCUT2D eigenvalue weighted by Crippen LogP contribution is -2.13. The zero-order valence-electron chi connectivity index (χ0n) is 13.4. The summed E-state index contributed by atoms with van der Waals surface area (Å²) in [6.45, 7) is -0.509. The van der Waals surface area contributed by atoms with Crippen molar-refractivity contribution in [3.05, 3.63) is 77.2 Å². The maximum absolute atomic E-state index is 13.9. The maximum Gasteiger partial charge on any atom is 0.416 e. The van der Waals surface area contributed by atoms with Crippen LogP contribution in [0.4, 0.5) is 37.8 Å². The minimum atomic E-state index is -4.73. The van der Waals surface area contributed by atoms with Crippen LogP contribution in [0.25, 0.3) is 0 Å². The molecular formula is C17H10F6N4. The van der Waals surface area contributed by atoms with Gasteiger partial charge in [-0.1, -0.05) is 12.1 Å². The van der Waals surface area contributed by atoms with Crippen LogP contribution >= 0.6 is 0 Å². The Labute approximate surface area is 148 Å². The minimum absolute atomic E-state index is 0.109. The molecule has 0 atom stereocenters. The molecule has 1 heterocycles. The Morgan fingerprint density at radius 2 is 1.48 bits per heavy atom. The van der Waals surface area contributed by atoms with Gasteiger partial charge in [-0.05, 0) is 24.3 Å². The number of hydrogen-bond acceptors (Lipinski definition) is 3. The fourth-order valence-corrected chi connectivity index (χ4v) is 2.33. The molecule has 10 heteroatoms. The van der Waals surface area contributed by atoms with E-state index in [1.807, 2.05) is 0 Å². The second kappa shape index (κ2) is 7.22. The van der Waals surface area contributed by atoms with Crippen LogP contribution in [0.1, 0.15) is 11.1 Å². The standard InChI is InChI=1S/C17H10F6N4/c18-12-4-1-3-11(17(21,22)23)10(12)9-27-8-7-15(26-27)24-25-16-13(19)5-2-6-14(16)20/h1-8H,9H2. The zero-order chi connectivity index (χ0) is 19.6. The SMILES string of the molecule is Fc1cccc(C(F)(F)F)c1Cn1ccc(N=Nc2c(F)cccc2F)n1. The van der Waals surface area contributed by atoms with Gasteiger partial charge in [-0.3, -0.25) is 4.68 Å². The van der Waals surface area contributed by atoms with Gasteiger partial charge in [-0.15, -0.1) is 10.2 Å². The van der Waals surface area contributed by atoms with E-state index in [-0.39, 0.29) is 5.82 Å². The van der Waals surface area contributed by atoms with Crippen molar-refractivity contribution in [1.82, 2.24) is 9.78 Å². The van der Waals surface area contributed by atoms with Crippen molar-refractivity contribution < 1.29 is 26.3 Å². The molecule has 0 saturated heterocycles. The lowest BCUT2D eigenvalue weighted by molar-refractivity contribution is -0.138. The van der Waals surface area contributed by atoms with Crippen LogP contribution in [-0.2, 0) is 12.7 Å². The predicted molar refractivity (Wildman–Crippen MR) is 83.3 cm³/mol. The summed E-state index contributed by atoms with van der Waals surface area (Å²) in [7, 11) is 0. The Morgan fingerprint density at radius 3 is 2.15 bits per heavy atom. The zero-order valence-corrected chi connectivity index (χ0v) is 13.4. The highest BCUT2D eigenvalue weighted by Crippen LogP contribution is 2.33. The first-order chi connectivity index (χ1) is 12.8. The summed E-state index contributed by atoms with van der Waals surface area (Å²) in [5, 5.41) is 10.8. The van der Waals surface area contributed by atoms with Gasteiger partial charge < -0.3 is 0 Å². The largest absolute Gasteiger partial charge is 0.416 e. The van der Waals surface area contributed by atoms with Gasteiger partial charge in [0, 0.05) is 17.8 Å². The van der Waals surface area contributed by atoms with Crippen LogP contribution in [0, 0.1) is 17.5 Å². The molecule has 0 aliphatic rings. The van der Waals surface area contributed by atoms with Gasteiger partial charge in [-0.2, -0.15) is 18.3 Å².